The molecule has 0 radical (unpaired) electrons. The Balaban J connectivity index is 1.60. The number of nitrogens with two attached hydrogens (primary N) is 1. The van der Waals surface area contributed by atoms with Crippen LogP contribution in [0.4, 0.5) is 10.2 Å². The molecule has 2 unspecified atom stereocenters. The number of benzene rings is 1. The van der Waals surface area contributed by atoms with Gasteiger partial charge < -0.3 is 30.3 Å². The van der Waals surface area contributed by atoms with Gasteiger partial charge in [-0.3, -0.25) is 9.32 Å². The van der Waals surface area contributed by atoms with Crippen molar-refractivity contribution in [3.8, 4) is 5.75 Å². The fraction of sp³-hybridized carbons (Fsp3) is 0.381. The van der Waals surface area contributed by atoms with Gasteiger partial charge >= 0.3 is 13.7 Å². The Labute approximate surface area is 204 Å². The molecule has 194 valence electrons. The van der Waals surface area contributed by atoms with Gasteiger partial charge in [0.15, 0.2) is 5.82 Å². The second-order valence-corrected chi connectivity index (χ2v) is 9.93. The summed E-state index contributed by atoms with van der Waals surface area (Å²) >= 11 is 0. The molecule has 3 heterocycles. The van der Waals surface area contributed by atoms with Gasteiger partial charge in [-0.15, -0.1) is 0 Å². The number of alkyl halides is 1. The number of ether oxygens (including phenoxy) is 1. The van der Waals surface area contributed by atoms with Gasteiger partial charge in [-0.2, -0.15) is 10.2 Å². The minimum absolute atomic E-state index is 0.0861. The first kappa shape index (κ1) is 25.9. The fourth-order valence-corrected chi connectivity index (χ4v) is 5.31. The summed E-state index contributed by atoms with van der Waals surface area (Å²) in [6.07, 6.45) is -3.53. The highest BCUT2D eigenvalue weighted by molar-refractivity contribution is 7.52. The molecule has 3 aromatic rings. The molecule has 15 heteroatoms. The molecule has 0 spiro atoms. The smallest absolute Gasteiger partial charge is 0.459 e. The number of aliphatic carboxylic acids is 1. The molecule has 2 aromatic heterocycles. The van der Waals surface area contributed by atoms with Crippen molar-refractivity contribution in [3.63, 3.8) is 0 Å². The summed E-state index contributed by atoms with van der Waals surface area (Å²) in [6.45, 7) is -0.992. The molecule has 13 nitrogen and oxygen atoms in total. The maximum atomic E-state index is 14.4. The lowest BCUT2D eigenvalue weighted by molar-refractivity contribution is -0.138. The van der Waals surface area contributed by atoms with E-state index in [4.69, 9.17) is 19.5 Å². The fourth-order valence-electron chi connectivity index (χ4n) is 3.76. The minimum atomic E-state index is -4.44. The Morgan fingerprint density at radius 3 is 2.72 bits per heavy atom. The third kappa shape index (κ3) is 4.91. The molecule has 1 saturated heterocycles. The van der Waals surface area contributed by atoms with Crippen molar-refractivity contribution in [1.29, 1.82) is 0 Å². The van der Waals surface area contributed by atoms with Gasteiger partial charge in [-0.1, -0.05) is 18.2 Å². The van der Waals surface area contributed by atoms with E-state index in [0.29, 0.717) is 5.52 Å². The van der Waals surface area contributed by atoms with Crippen LogP contribution in [0.1, 0.15) is 18.7 Å². The summed E-state index contributed by atoms with van der Waals surface area (Å²) in [6, 6.07) is 9.50. The van der Waals surface area contributed by atoms with Crippen molar-refractivity contribution in [1.82, 2.24) is 19.7 Å². The third-order valence-corrected chi connectivity index (χ3v) is 7.36. The zero-order valence-corrected chi connectivity index (χ0v) is 19.9. The maximum absolute atomic E-state index is 14.4. The molecule has 0 bridgehead atoms. The first-order valence-corrected chi connectivity index (χ1v) is 12.3. The number of hydrogen-bond donors (Lipinski definition) is 5. The van der Waals surface area contributed by atoms with Crippen LogP contribution in [0.3, 0.4) is 0 Å². The van der Waals surface area contributed by atoms with Crippen molar-refractivity contribution in [2.75, 3.05) is 19.0 Å². The number of halogens is 1. The SMILES string of the molecule is CC(NP(=O)(OC[C@@]1(CF)O[C@@H](c2ccc3c(N)ncnn23)[C@H](O)[C@@H]1O)Oc1ccccc1)C(=O)O. The van der Waals surface area contributed by atoms with E-state index in [2.05, 4.69) is 15.2 Å². The van der Waals surface area contributed by atoms with E-state index in [0.717, 1.165) is 0 Å². The number of nitrogen functional groups attached to an aromatic ring is 1. The van der Waals surface area contributed by atoms with E-state index in [1.165, 1.54) is 36.0 Å². The van der Waals surface area contributed by atoms with Crippen LogP contribution in [-0.4, -0.2) is 73.0 Å². The summed E-state index contributed by atoms with van der Waals surface area (Å²) in [5.74, 6) is -1.10. The Bertz CT molecular complexity index is 1280. The molecular weight excluding hydrogens is 500 g/mol. The number of nitrogens with one attached hydrogen (secondary N) is 1. The summed E-state index contributed by atoms with van der Waals surface area (Å²) in [5.41, 5.74) is 4.32. The summed E-state index contributed by atoms with van der Waals surface area (Å²) in [4.78, 5) is 15.2. The predicted molar refractivity (Wildman–Crippen MR) is 123 cm³/mol. The standard InChI is InChI=1S/C21H25FN5O8P/c1-12(20(30)31)26-36(32,35-13-5-3-2-4-6-13)33-10-21(9-22)18(29)16(28)17(34-21)14-7-8-15-19(23)24-11-25-27(14)15/h2-8,11-12,16-18,28-29H,9-10H2,1H3,(H,26,32)(H,30,31)(H2,23,24,25)/t12?,16-,17-,18-,21+,36?/m0/s1. The molecule has 0 aliphatic carbocycles. The molecule has 36 heavy (non-hydrogen) atoms. The lowest BCUT2D eigenvalue weighted by Gasteiger charge is -2.31. The van der Waals surface area contributed by atoms with Gasteiger partial charge in [-0.25, -0.2) is 18.5 Å². The molecule has 0 amide bonds. The molecule has 1 aliphatic heterocycles. The summed E-state index contributed by atoms with van der Waals surface area (Å²) < 4.78 is 45.7. The highest BCUT2D eigenvalue weighted by Crippen LogP contribution is 2.48. The first-order chi connectivity index (χ1) is 17.1. The van der Waals surface area contributed by atoms with Gasteiger partial charge in [0.05, 0.1) is 12.3 Å². The van der Waals surface area contributed by atoms with Gasteiger partial charge in [0.2, 0.25) is 0 Å². The van der Waals surface area contributed by atoms with Crippen molar-refractivity contribution >= 4 is 25.1 Å². The highest BCUT2D eigenvalue weighted by atomic mass is 31.2. The van der Waals surface area contributed by atoms with Crippen LogP contribution < -0.4 is 15.3 Å². The lowest BCUT2D eigenvalue weighted by atomic mass is 9.96. The van der Waals surface area contributed by atoms with Gasteiger partial charge in [-0.05, 0) is 31.2 Å². The Hall–Kier alpha value is -3.13. The van der Waals surface area contributed by atoms with Crippen LogP contribution in [0, 0.1) is 0 Å². The van der Waals surface area contributed by atoms with Crippen LogP contribution >= 0.6 is 7.75 Å². The summed E-state index contributed by atoms with van der Waals surface area (Å²) in [7, 11) is -4.44. The minimum Gasteiger partial charge on any atom is -0.480 e. The zero-order valence-electron chi connectivity index (χ0n) is 19.0. The average molecular weight is 525 g/mol. The van der Waals surface area contributed by atoms with E-state index in [1.54, 1.807) is 24.3 Å². The third-order valence-electron chi connectivity index (χ3n) is 5.73. The van der Waals surface area contributed by atoms with Crippen LogP contribution in [0.25, 0.3) is 5.52 Å². The van der Waals surface area contributed by atoms with Gasteiger partial charge in [0.25, 0.3) is 0 Å². The molecule has 1 fully saturated rings. The van der Waals surface area contributed by atoms with Gasteiger partial charge in [0.1, 0.15) is 54.2 Å². The van der Waals surface area contributed by atoms with Crippen LogP contribution in [0.15, 0.2) is 48.8 Å². The monoisotopic (exact) mass is 525 g/mol. The molecule has 6 atom stereocenters. The van der Waals surface area contributed by atoms with E-state index in [1.807, 2.05) is 0 Å². The molecular formula is C21H25FN5O8P. The molecule has 4 rings (SSSR count). The van der Waals surface area contributed by atoms with Crippen molar-refractivity contribution in [2.24, 2.45) is 0 Å². The maximum Gasteiger partial charge on any atom is 0.459 e. The summed E-state index contributed by atoms with van der Waals surface area (Å²) in [5, 5.41) is 37.0. The highest BCUT2D eigenvalue weighted by Gasteiger charge is 2.57. The largest absolute Gasteiger partial charge is 0.480 e. The number of para-hydroxylation sites is 1. The topological polar surface area (TPSA) is 191 Å². The number of anilines is 1. The number of carbonyl (C=O) groups is 1. The number of fused-ring (bicyclic) bond motifs is 1. The number of carboxylic acid groups (broad SMARTS) is 1. The average Bonchev–Trinajstić information content (AvgIpc) is 3.39. The molecule has 0 saturated carbocycles. The van der Waals surface area contributed by atoms with Crippen LogP contribution in [0.5, 0.6) is 5.75 Å². The molecule has 1 aromatic carbocycles. The quantitative estimate of drug-likeness (QED) is 0.237. The van der Waals surface area contributed by atoms with E-state index in [-0.39, 0.29) is 17.3 Å². The van der Waals surface area contributed by atoms with Gasteiger partial charge in [0, 0.05) is 0 Å². The molecule has 1 aliphatic rings. The second kappa shape index (κ2) is 10.1. The van der Waals surface area contributed by atoms with Crippen LogP contribution in [-0.2, 0) is 18.6 Å². The number of carboxylic acids is 1. The normalized spacial score (nSPS) is 26.5. The molecule has 6 N–H and O–H groups in total. The number of aromatic nitrogens is 3. The number of rotatable bonds is 10. The Morgan fingerprint density at radius 1 is 1.33 bits per heavy atom. The van der Waals surface area contributed by atoms with Crippen LogP contribution in [0.2, 0.25) is 0 Å². The van der Waals surface area contributed by atoms with E-state index >= 15 is 0 Å². The number of aliphatic hydroxyl groups is 2. The Morgan fingerprint density at radius 2 is 2.06 bits per heavy atom. The predicted octanol–water partition coefficient (Wildman–Crippen LogP) is 1.08. The van der Waals surface area contributed by atoms with Crippen molar-refractivity contribution < 1.29 is 42.9 Å². The number of hydrogen-bond acceptors (Lipinski definition) is 10. The van der Waals surface area contributed by atoms with E-state index in [9.17, 15) is 29.1 Å². The first-order valence-electron chi connectivity index (χ1n) is 10.8. The Kier molecular flexibility index (Phi) is 7.27. The number of aliphatic hydroxyl groups excluding tert-OH is 2. The van der Waals surface area contributed by atoms with E-state index < -0.39 is 57.0 Å². The second-order valence-electron chi connectivity index (χ2n) is 8.24. The van der Waals surface area contributed by atoms with Crippen molar-refractivity contribution in [3.05, 3.63) is 54.5 Å². The zero-order chi connectivity index (χ0) is 26.1. The lowest BCUT2D eigenvalue weighted by Crippen LogP contribution is -2.49. The van der Waals surface area contributed by atoms with Crippen molar-refractivity contribution in [2.45, 2.75) is 36.9 Å². The number of nitrogens with zero attached hydrogens (tertiary/aromatic N) is 3.